The number of thiazole rings is 1. The molecule has 0 N–H and O–H groups in total. The summed E-state index contributed by atoms with van der Waals surface area (Å²) < 4.78 is 1.69. The fourth-order valence-corrected chi connectivity index (χ4v) is 2.13. The molecule has 2 rings (SSSR count). The average Bonchev–Trinajstić information content (AvgIpc) is 2.97. The zero-order valence-corrected chi connectivity index (χ0v) is 12.3. The van der Waals surface area contributed by atoms with E-state index < -0.39 is 0 Å². The first kappa shape index (κ1) is 13.7. The quantitative estimate of drug-likeness (QED) is 0.859. The first-order valence-corrected chi connectivity index (χ1v) is 6.82. The number of hydrogen-bond acceptors (Lipinski definition) is 5. The van der Waals surface area contributed by atoms with Gasteiger partial charge in [0.2, 0.25) is 5.82 Å². The fraction of sp³-hybridized carbons (Fsp3) is 0.500. The van der Waals surface area contributed by atoms with Crippen LogP contribution < -0.4 is 0 Å². The molecule has 2 heterocycles. The van der Waals surface area contributed by atoms with Crippen molar-refractivity contribution >= 4 is 17.2 Å². The lowest BCUT2D eigenvalue weighted by Crippen LogP contribution is -2.28. The lowest BCUT2D eigenvalue weighted by molar-refractivity contribution is 0.0772. The highest BCUT2D eigenvalue weighted by atomic mass is 32.1. The van der Waals surface area contributed by atoms with Gasteiger partial charge in [0.1, 0.15) is 11.3 Å². The second-order valence-corrected chi connectivity index (χ2v) is 6.25. The third kappa shape index (κ3) is 3.17. The Labute approximate surface area is 116 Å². The van der Waals surface area contributed by atoms with E-state index in [9.17, 15) is 4.79 Å². The summed E-state index contributed by atoms with van der Waals surface area (Å²) in [6, 6.07) is 0. The minimum Gasteiger partial charge on any atom is -0.332 e. The molecule has 19 heavy (non-hydrogen) atoms. The predicted molar refractivity (Wildman–Crippen MR) is 72.9 cm³/mol. The van der Waals surface area contributed by atoms with Crippen LogP contribution in [0.15, 0.2) is 17.9 Å². The molecule has 1 amide bonds. The molecule has 0 unspecified atom stereocenters. The lowest BCUT2D eigenvalue weighted by Gasteiger charge is -2.18. The molecule has 2 aromatic heterocycles. The summed E-state index contributed by atoms with van der Waals surface area (Å²) in [6.45, 7) is 6.50. The second kappa shape index (κ2) is 5.08. The van der Waals surface area contributed by atoms with Crippen LogP contribution in [0.4, 0.5) is 0 Å². The number of amides is 1. The Hall–Kier alpha value is -1.76. The number of rotatable bonds is 3. The number of aromatic nitrogens is 4. The van der Waals surface area contributed by atoms with Crippen LogP contribution in [0.1, 0.15) is 36.4 Å². The largest absolute Gasteiger partial charge is 0.332 e. The van der Waals surface area contributed by atoms with Gasteiger partial charge in [-0.2, -0.15) is 0 Å². The van der Waals surface area contributed by atoms with Crippen LogP contribution >= 0.6 is 11.3 Å². The van der Waals surface area contributed by atoms with Crippen molar-refractivity contribution in [1.82, 2.24) is 24.6 Å². The van der Waals surface area contributed by atoms with Crippen molar-refractivity contribution in [3.05, 3.63) is 28.7 Å². The third-order valence-electron chi connectivity index (χ3n) is 2.57. The van der Waals surface area contributed by atoms with Gasteiger partial charge in [-0.15, -0.1) is 16.4 Å². The van der Waals surface area contributed by atoms with Crippen molar-refractivity contribution in [2.24, 2.45) is 0 Å². The van der Waals surface area contributed by atoms with Crippen molar-refractivity contribution in [1.29, 1.82) is 0 Å². The monoisotopic (exact) mass is 279 g/mol. The summed E-state index contributed by atoms with van der Waals surface area (Å²) in [5, 5.41) is 7.01. The van der Waals surface area contributed by atoms with E-state index in [0.29, 0.717) is 6.54 Å². The van der Waals surface area contributed by atoms with Crippen LogP contribution in [0, 0.1) is 0 Å². The van der Waals surface area contributed by atoms with E-state index >= 15 is 0 Å². The SMILES string of the molecule is CN(Cc1nccs1)C(=O)c1ncn(C(C)(C)C)n1. The molecule has 0 aliphatic heterocycles. The Kier molecular flexibility index (Phi) is 3.66. The molecule has 0 aliphatic rings. The molecule has 7 heteroatoms. The van der Waals surface area contributed by atoms with Gasteiger partial charge in [0.25, 0.3) is 5.91 Å². The van der Waals surface area contributed by atoms with Gasteiger partial charge in [0.15, 0.2) is 0 Å². The zero-order valence-electron chi connectivity index (χ0n) is 11.5. The zero-order chi connectivity index (χ0) is 14.0. The van der Waals surface area contributed by atoms with Crippen molar-refractivity contribution in [2.45, 2.75) is 32.9 Å². The van der Waals surface area contributed by atoms with Gasteiger partial charge in [0.05, 0.1) is 12.1 Å². The molecule has 0 aromatic carbocycles. The molecule has 102 valence electrons. The smallest absolute Gasteiger partial charge is 0.293 e. The Balaban J connectivity index is 2.09. The van der Waals surface area contributed by atoms with E-state index in [1.165, 1.54) is 11.3 Å². The van der Waals surface area contributed by atoms with Crippen molar-refractivity contribution in [2.75, 3.05) is 7.05 Å². The van der Waals surface area contributed by atoms with Gasteiger partial charge in [-0.05, 0) is 20.8 Å². The summed E-state index contributed by atoms with van der Waals surface area (Å²) in [7, 11) is 1.72. The molecule has 0 bridgehead atoms. The fourth-order valence-electron chi connectivity index (χ4n) is 1.46. The standard InChI is InChI=1S/C12H17N5OS/c1-12(2,3)17-8-14-10(15-17)11(18)16(4)7-9-13-5-6-19-9/h5-6,8H,7H2,1-4H3. The van der Waals surface area contributed by atoms with Crippen LogP contribution in [-0.4, -0.2) is 37.6 Å². The van der Waals surface area contributed by atoms with Gasteiger partial charge < -0.3 is 4.90 Å². The van der Waals surface area contributed by atoms with E-state index in [1.54, 1.807) is 29.2 Å². The summed E-state index contributed by atoms with van der Waals surface area (Å²) in [6.07, 6.45) is 3.31. The summed E-state index contributed by atoms with van der Waals surface area (Å²) >= 11 is 1.52. The molecule has 2 aromatic rings. The molecule has 0 fully saturated rings. The first-order chi connectivity index (χ1) is 8.88. The van der Waals surface area contributed by atoms with E-state index in [2.05, 4.69) is 15.1 Å². The number of nitrogens with zero attached hydrogens (tertiary/aromatic N) is 5. The maximum atomic E-state index is 12.2. The summed E-state index contributed by atoms with van der Waals surface area (Å²) in [4.78, 5) is 22.0. The highest BCUT2D eigenvalue weighted by Crippen LogP contribution is 2.12. The normalized spacial score (nSPS) is 11.6. The topological polar surface area (TPSA) is 63.9 Å². The van der Waals surface area contributed by atoms with E-state index in [-0.39, 0.29) is 17.3 Å². The van der Waals surface area contributed by atoms with Gasteiger partial charge in [-0.25, -0.2) is 14.6 Å². The summed E-state index contributed by atoms with van der Waals surface area (Å²) in [5.74, 6) is 0.0205. The van der Waals surface area contributed by atoms with Crippen LogP contribution in [0.5, 0.6) is 0 Å². The van der Waals surface area contributed by atoms with Crippen molar-refractivity contribution in [3.8, 4) is 0 Å². The predicted octanol–water partition coefficient (Wildman–Crippen LogP) is 1.76. The van der Waals surface area contributed by atoms with Crippen LogP contribution in [-0.2, 0) is 12.1 Å². The molecule has 0 atom stereocenters. The van der Waals surface area contributed by atoms with Crippen LogP contribution in [0.2, 0.25) is 0 Å². The highest BCUT2D eigenvalue weighted by molar-refractivity contribution is 7.09. The van der Waals surface area contributed by atoms with Gasteiger partial charge >= 0.3 is 0 Å². The van der Waals surface area contributed by atoms with E-state index in [4.69, 9.17) is 0 Å². The van der Waals surface area contributed by atoms with E-state index in [1.807, 2.05) is 26.2 Å². The van der Waals surface area contributed by atoms with Crippen LogP contribution in [0.25, 0.3) is 0 Å². The Morgan fingerprint density at radius 1 is 1.42 bits per heavy atom. The highest BCUT2D eigenvalue weighted by Gasteiger charge is 2.21. The molecule has 6 nitrogen and oxygen atoms in total. The molecule has 0 radical (unpaired) electrons. The van der Waals surface area contributed by atoms with Gasteiger partial charge in [-0.1, -0.05) is 0 Å². The molecule has 0 aliphatic carbocycles. The molecule has 0 saturated carbocycles. The van der Waals surface area contributed by atoms with Gasteiger partial charge in [0, 0.05) is 18.6 Å². The molecular weight excluding hydrogens is 262 g/mol. The Morgan fingerprint density at radius 2 is 2.16 bits per heavy atom. The maximum absolute atomic E-state index is 12.2. The maximum Gasteiger partial charge on any atom is 0.293 e. The lowest BCUT2D eigenvalue weighted by atomic mass is 10.1. The number of hydrogen-bond donors (Lipinski definition) is 0. The van der Waals surface area contributed by atoms with Gasteiger partial charge in [-0.3, -0.25) is 4.79 Å². The first-order valence-electron chi connectivity index (χ1n) is 5.94. The number of carbonyl (C=O) groups is 1. The van der Waals surface area contributed by atoms with E-state index in [0.717, 1.165) is 5.01 Å². The minimum absolute atomic E-state index is 0.181. The Bertz CT molecular complexity index is 555. The minimum atomic E-state index is -0.196. The number of carbonyl (C=O) groups excluding carboxylic acids is 1. The van der Waals surface area contributed by atoms with Crippen molar-refractivity contribution < 1.29 is 4.79 Å². The van der Waals surface area contributed by atoms with Crippen LogP contribution in [0.3, 0.4) is 0 Å². The van der Waals surface area contributed by atoms with Crippen molar-refractivity contribution in [3.63, 3.8) is 0 Å². The molecule has 0 saturated heterocycles. The molecule has 0 spiro atoms. The Morgan fingerprint density at radius 3 is 2.68 bits per heavy atom. The summed E-state index contributed by atoms with van der Waals surface area (Å²) in [5.41, 5.74) is -0.181. The molecular formula is C12H17N5OS. The second-order valence-electron chi connectivity index (χ2n) is 5.27. The third-order valence-corrected chi connectivity index (χ3v) is 3.34. The average molecular weight is 279 g/mol.